The van der Waals surface area contributed by atoms with Gasteiger partial charge >= 0.3 is 0 Å². The van der Waals surface area contributed by atoms with Crippen LogP contribution in [0.2, 0.25) is 0 Å². The third kappa shape index (κ3) is 2.93. The number of nitrogens with zero attached hydrogens (tertiary/aromatic N) is 4. The molecule has 3 aromatic rings. The van der Waals surface area contributed by atoms with E-state index in [0.717, 1.165) is 34.3 Å². The molecule has 0 aromatic carbocycles. The molecule has 3 heterocycles. The summed E-state index contributed by atoms with van der Waals surface area (Å²) < 4.78 is 7.82. The third-order valence-corrected chi connectivity index (χ3v) is 5.56. The molecule has 23 heavy (non-hydrogen) atoms. The highest BCUT2D eigenvalue weighted by Crippen LogP contribution is 2.39. The number of thioether (sulfide) groups is 1. The normalized spacial score (nSPS) is 14.5. The zero-order valence-electron chi connectivity index (χ0n) is 12.6. The van der Waals surface area contributed by atoms with E-state index in [9.17, 15) is 5.11 Å². The molecule has 1 N–H and O–H groups in total. The van der Waals surface area contributed by atoms with Gasteiger partial charge in [-0.2, -0.15) is 0 Å². The zero-order valence-corrected chi connectivity index (χ0v) is 14.2. The maximum Gasteiger partial charge on any atom is 0.236 e. The Hall–Kier alpha value is -1.64. The maximum atomic E-state index is 9.39. The monoisotopic (exact) mass is 348 g/mol. The molecule has 0 amide bonds. The van der Waals surface area contributed by atoms with E-state index < -0.39 is 0 Å². The summed E-state index contributed by atoms with van der Waals surface area (Å²) in [5.41, 5.74) is 0.925. The van der Waals surface area contributed by atoms with Crippen molar-refractivity contribution in [2.75, 3.05) is 0 Å². The number of oxazole rings is 1. The van der Waals surface area contributed by atoms with Gasteiger partial charge in [0.25, 0.3) is 0 Å². The second-order valence-electron chi connectivity index (χ2n) is 5.45. The van der Waals surface area contributed by atoms with Crippen LogP contribution in [0.15, 0.2) is 27.1 Å². The van der Waals surface area contributed by atoms with E-state index >= 15 is 0 Å². The molecule has 0 spiro atoms. The summed E-state index contributed by atoms with van der Waals surface area (Å²) >= 11 is 3.20. The molecule has 0 radical (unpaired) electrons. The zero-order chi connectivity index (χ0) is 15.8. The van der Waals surface area contributed by atoms with E-state index in [1.165, 1.54) is 0 Å². The molecular weight excluding hydrogens is 332 g/mol. The number of aliphatic hydroxyl groups is 1. The van der Waals surface area contributed by atoms with Crippen LogP contribution >= 0.6 is 23.1 Å². The lowest BCUT2D eigenvalue weighted by Crippen LogP contribution is -2.03. The van der Waals surface area contributed by atoms with Crippen molar-refractivity contribution in [2.24, 2.45) is 0 Å². The fraction of sp³-hybridized carbons (Fsp3) is 0.400. The second kappa shape index (κ2) is 6.10. The lowest BCUT2D eigenvalue weighted by Gasteiger charge is -2.06. The van der Waals surface area contributed by atoms with Gasteiger partial charge in [-0.3, -0.25) is 0 Å². The molecule has 4 rings (SSSR count). The first-order chi connectivity index (χ1) is 11.3. The van der Waals surface area contributed by atoms with Crippen molar-refractivity contribution >= 4 is 23.1 Å². The van der Waals surface area contributed by atoms with Crippen LogP contribution in [0.3, 0.4) is 0 Å². The average Bonchev–Trinajstić information content (AvgIpc) is 2.99. The average molecular weight is 348 g/mol. The van der Waals surface area contributed by atoms with E-state index in [1.54, 1.807) is 23.1 Å². The Morgan fingerprint density at radius 1 is 1.43 bits per heavy atom. The Morgan fingerprint density at radius 3 is 3.00 bits per heavy atom. The van der Waals surface area contributed by atoms with Crippen molar-refractivity contribution in [3.05, 3.63) is 34.8 Å². The van der Waals surface area contributed by atoms with Crippen molar-refractivity contribution < 1.29 is 9.52 Å². The Morgan fingerprint density at radius 2 is 2.30 bits per heavy atom. The summed E-state index contributed by atoms with van der Waals surface area (Å²) in [6, 6.07) is 4.43. The first-order valence-corrected chi connectivity index (χ1v) is 9.30. The van der Waals surface area contributed by atoms with Crippen molar-refractivity contribution in [1.82, 2.24) is 19.7 Å². The van der Waals surface area contributed by atoms with Gasteiger partial charge in [-0.05, 0) is 31.2 Å². The van der Waals surface area contributed by atoms with Crippen molar-refractivity contribution in [3.63, 3.8) is 0 Å². The highest BCUT2D eigenvalue weighted by atomic mass is 32.2. The van der Waals surface area contributed by atoms with Gasteiger partial charge in [0, 0.05) is 11.8 Å². The first kappa shape index (κ1) is 14.9. The molecule has 0 atom stereocenters. The number of aliphatic hydroxyl groups excluding tert-OH is 1. The second-order valence-corrected chi connectivity index (χ2v) is 7.34. The number of aryl methyl sites for hydroxylation is 1. The number of rotatable bonds is 6. The lowest BCUT2D eigenvalue weighted by molar-refractivity contribution is 0.263. The van der Waals surface area contributed by atoms with Crippen LogP contribution in [0.4, 0.5) is 0 Å². The van der Waals surface area contributed by atoms with E-state index in [-0.39, 0.29) is 6.61 Å². The summed E-state index contributed by atoms with van der Waals surface area (Å²) in [7, 11) is 0. The summed E-state index contributed by atoms with van der Waals surface area (Å²) in [5.74, 6) is 2.83. The van der Waals surface area contributed by atoms with Crippen molar-refractivity contribution in [3.8, 4) is 10.8 Å². The number of aromatic nitrogens is 4. The van der Waals surface area contributed by atoms with Crippen molar-refractivity contribution in [2.45, 2.75) is 43.3 Å². The predicted molar refractivity (Wildman–Crippen MR) is 88.3 cm³/mol. The van der Waals surface area contributed by atoms with Gasteiger partial charge in [-0.15, -0.1) is 21.5 Å². The van der Waals surface area contributed by atoms with Crippen LogP contribution in [0, 0.1) is 6.92 Å². The largest absolute Gasteiger partial charge is 0.440 e. The molecule has 120 valence electrons. The molecule has 1 saturated carbocycles. The fourth-order valence-electron chi connectivity index (χ4n) is 2.41. The van der Waals surface area contributed by atoms with Gasteiger partial charge < -0.3 is 14.1 Å². The minimum Gasteiger partial charge on any atom is -0.440 e. The van der Waals surface area contributed by atoms with Gasteiger partial charge in [-0.1, -0.05) is 17.8 Å². The Labute approximate surface area is 141 Å². The molecule has 3 aromatic heterocycles. The van der Waals surface area contributed by atoms with Crippen LogP contribution in [0.1, 0.15) is 36.2 Å². The summed E-state index contributed by atoms with van der Waals surface area (Å²) in [6.07, 6.45) is 2.26. The SMILES string of the molecule is Cc1oc(-c2cccs2)nc1CSc1nnc(CO)n1C1CC1. The van der Waals surface area contributed by atoms with E-state index in [1.807, 2.05) is 24.4 Å². The lowest BCUT2D eigenvalue weighted by atomic mass is 10.4. The molecule has 0 bridgehead atoms. The smallest absolute Gasteiger partial charge is 0.236 e. The first-order valence-electron chi connectivity index (χ1n) is 7.44. The Kier molecular flexibility index (Phi) is 3.96. The highest BCUT2D eigenvalue weighted by Gasteiger charge is 2.29. The summed E-state index contributed by atoms with van der Waals surface area (Å²) in [4.78, 5) is 5.64. The van der Waals surface area contributed by atoms with Gasteiger partial charge in [0.05, 0.1) is 10.6 Å². The van der Waals surface area contributed by atoms with Gasteiger partial charge in [0.2, 0.25) is 5.89 Å². The number of thiophene rings is 1. The molecule has 8 heteroatoms. The minimum atomic E-state index is -0.0738. The van der Waals surface area contributed by atoms with Crippen LogP contribution in [-0.2, 0) is 12.4 Å². The number of hydrogen-bond donors (Lipinski definition) is 1. The highest BCUT2D eigenvalue weighted by molar-refractivity contribution is 7.98. The summed E-state index contributed by atoms with van der Waals surface area (Å²) in [5, 5.41) is 20.5. The van der Waals surface area contributed by atoms with Gasteiger partial charge in [-0.25, -0.2) is 4.98 Å². The fourth-order valence-corrected chi connectivity index (χ4v) is 4.09. The molecule has 1 aliphatic carbocycles. The summed E-state index contributed by atoms with van der Waals surface area (Å²) in [6.45, 7) is 1.86. The Balaban J connectivity index is 1.52. The third-order valence-electron chi connectivity index (χ3n) is 3.75. The van der Waals surface area contributed by atoms with Crippen LogP contribution in [0.5, 0.6) is 0 Å². The van der Waals surface area contributed by atoms with Gasteiger partial charge in [0.1, 0.15) is 12.4 Å². The molecule has 1 fully saturated rings. The molecular formula is C15H16N4O2S2. The van der Waals surface area contributed by atoms with Crippen LogP contribution < -0.4 is 0 Å². The quantitative estimate of drug-likeness (QED) is 0.688. The molecule has 0 aliphatic heterocycles. The standard InChI is InChI=1S/C15H16N4O2S2/c1-9-11(16-14(21-9)12-3-2-6-22-12)8-23-15-18-17-13(7-20)19(15)10-4-5-10/h2-3,6,10,20H,4-5,7-8H2,1H3. The van der Waals surface area contributed by atoms with Crippen molar-refractivity contribution in [1.29, 1.82) is 0 Å². The van der Waals surface area contributed by atoms with Gasteiger partial charge in [0.15, 0.2) is 11.0 Å². The Bertz CT molecular complexity index is 806. The minimum absolute atomic E-state index is 0.0738. The topological polar surface area (TPSA) is 77.0 Å². The molecule has 1 aliphatic rings. The molecule has 0 unspecified atom stereocenters. The van der Waals surface area contributed by atoms with E-state index in [4.69, 9.17) is 4.42 Å². The van der Waals surface area contributed by atoms with E-state index in [2.05, 4.69) is 19.7 Å². The molecule has 0 saturated heterocycles. The predicted octanol–water partition coefficient (Wildman–Crippen LogP) is 3.42. The van der Waals surface area contributed by atoms with Crippen LogP contribution in [-0.4, -0.2) is 24.9 Å². The number of hydrogen-bond acceptors (Lipinski definition) is 7. The van der Waals surface area contributed by atoms with E-state index in [0.29, 0.717) is 23.5 Å². The van der Waals surface area contributed by atoms with Crippen LogP contribution in [0.25, 0.3) is 10.8 Å². The molecule has 6 nitrogen and oxygen atoms in total. The maximum absolute atomic E-state index is 9.39.